The van der Waals surface area contributed by atoms with E-state index in [0.29, 0.717) is 48.1 Å². The van der Waals surface area contributed by atoms with Crippen molar-refractivity contribution in [3.8, 4) is 11.5 Å². The van der Waals surface area contributed by atoms with Gasteiger partial charge in [-0.15, -0.1) is 0 Å². The SMILES string of the molecule is CC(=O)Nc1cccc(NC(=O)CN(C)S(=O)(=O)c2ccc3c(c2)OCCCO3)c1C. The lowest BCUT2D eigenvalue weighted by molar-refractivity contribution is -0.116. The zero-order valence-electron chi connectivity index (χ0n) is 17.6. The maximum absolute atomic E-state index is 12.9. The predicted molar refractivity (Wildman–Crippen MR) is 116 cm³/mol. The van der Waals surface area contributed by atoms with E-state index >= 15 is 0 Å². The van der Waals surface area contributed by atoms with E-state index < -0.39 is 15.9 Å². The number of hydrogen-bond donors (Lipinski definition) is 2. The number of nitrogens with one attached hydrogen (secondary N) is 2. The molecule has 0 saturated carbocycles. The molecule has 2 aromatic carbocycles. The van der Waals surface area contributed by atoms with Crippen LogP contribution >= 0.6 is 0 Å². The van der Waals surface area contributed by atoms with Crippen molar-refractivity contribution < 1.29 is 27.5 Å². The Morgan fingerprint density at radius 2 is 1.68 bits per heavy atom. The largest absolute Gasteiger partial charge is 0.490 e. The summed E-state index contributed by atoms with van der Waals surface area (Å²) in [7, 11) is -2.59. The van der Waals surface area contributed by atoms with E-state index in [2.05, 4.69) is 10.6 Å². The van der Waals surface area contributed by atoms with Crippen molar-refractivity contribution in [2.45, 2.75) is 25.2 Å². The van der Waals surface area contributed by atoms with Gasteiger partial charge in [-0.2, -0.15) is 4.31 Å². The van der Waals surface area contributed by atoms with Crippen LogP contribution in [0.2, 0.25) is 0 Å². The lowest BCUT2D eigenvalue weighted by Gasteiger charge is -2.19. The molecule has 0 atom stereocenters. The van der Waals surface area contributed by atoms with Crippen molar-refractivity contribution in [3.63, 3.8) is 0 Å². The molecular weight excluding hydrogens is 422 g/mol. The van der Waals surface area contributed by atoms with E-state index in [1.807, 2.05) is 0 Å². The number of sulfonamides is 1. The predicted octanol–water partition coefficient (Wildman–Crippen LogP) is 2.37. The number of anilines is 2. The molecule has 0 spiro atoms. The van der Waals surface area contributed by atoms with Crippen molar-refractivity contribution in [3.05, 3.63) is 42.0 Å². The van der Waals surface area contributed by atoms with Gasteiger partial charge in [0.05, 0.1) is 24.7 Å². The van der Waals surface area contributed by atoms with Crippen molar-refractivity contribution in [2.24, 2.45) is 0 Å². The lowest BCUT2D eigenvalue weighted by atomic mass is 10.1. The molecule has 2 N–H and O–H groups in total. The Morgan fingerprint density at radius 3 is 2.35 bits per heavy atom. The van der Waals surface area contributed by atoms with E-state index in [0.717, 1.165) is 4.31 Å². The van der Waals surface area contributed by atoms with E-state index in [-0.39, 0.29) is 17.3 Å². The highest BCUT2D eigenvalue weighted by Crippen LogP contribution is 2.32. The van der Waals surface area contributed by atoms with Gasteiger partial charge in [0.15, 0.2) is 11.5 Å². The van der Waals surface area contributed by atoms with E-state index in [9.17, 15) is 18.0 Å². The zero-order valence-corrected chi connectivity index (χ0v) is 18.4. The molecule has 166 valence electrons. The maximum Gasteiger partial charge on any atom is 0.243 e. The van der Waals surface area contributed by atoms with Gasteiger partial charge in [-0.1, -0.05) is 6.07 Å². The smallest absolute Gasteiger partial charge is 0.243 e. The number of ether oxygens (including phenoxy) is 2. The molecule has 1 aliphatic heterocycles. The van der Waals surface area contributed by atoms with Gasteiger partial charge in [-0.3, -0.25) is 9.59 Å². The third kappa shape index (κ3) is 5.33. The summed E-state index contributed by atoms with van der Waals surface area (Å²) in [6.07, 6.45) is 0.708. The third-order valence-electron chi connectivity index (χ3n) is 4.71. The van der Waals surface area contributed by atoms with Crippen LogP contribution in [0, 0.1) is 6.92 Å². The number of nitrogens with zero attached hydrogens (tertiary/aromatic N) is 1. The molecule has 2 amide bonds. The first kappa shape index (κ1) is 22.6. The molecule has 1 heterocycles. The standard InChI is InChI=1S/C21H25N3O6S/c1-14-17(22-15(2)25)6-4-7-18(14)23-21(26)13-24(3)31(27,28)16-8-9-19-20(12-16)30-11-5-10-29-19/h4,6-9,12H,5,10-11,13H2,1-3H3,(H,22,25)(H,23,26). The summed E-state index contributed by atoms with van der Waals surface area (Å²) >= 11 is 0. The first-order chi connectivity index (χ1) is 14.7. The van der Waals surface area contributed by atoms with Crippen LogP contribution in [0.4, 0.5) is 11.4 Å². The summed E-state index contributed by atoms with van der Waals surface area (Å²) in [5, 5.41) is 5.38. The molecule has 0 fully saturated rings. The van der Waals surface area contributed by atoms with E-state index in [1.165, 1.54) is 26.1 Å². The average molecular weight is 448 g/mol. The van der Waals surface area contributed by atoms with Crippen LogP contribution < -0.4 is 20.1 Å². The zero-order chi connectivity index (χ0) is 22.6. The molecule has 0 unspecified atom stereocenters. The first-order valence-electron chi connectivity index (χ1n) is 9.71. The molecule has 0 aliphatic carbocycles. The van der Waals surface area contributed by atoms with Crippen LogP contribution in [0.15, 0.2) is 41.3 Å². The van der Waals surface area contributed by atoms with Crippen LogP contribution in [-0.2, 0) is 19.6 Å². The number of carbonyl (C=O) groups excluding carboxylic acids is 2. The number of amides is 2. The fourth-order valence-corrected chi connectivity index (χ4v) is 4.20. The van der Waals surface area contributed by atoms with Gasteiger partial charge >= 0.3 is 0 Å². The summed E-state index contributed by atoms with van der Waals surface area (Å²) in [5.41, 5.74) is 1.72. The number of hydrogen-bond acceptors (Lipinski definition) is 6. The second-order valence-corrected chi connectivity index (χ2v) is 9.17. The minimum Gasteiger partial charge on any atom is -0.490 e. The Balaban J connectivity index is 1.72. The monoisotopic (exact) mass is 447 g/mol. The topological polar surface area (TPSA) is 114 Å². The Labute approximate surface area is 181 Å². The highest BCUT2D eigenvalue weighted by molar-refractivity contribution is 7.89. The van der Waals surface area contributed by atoms with Crippen molar-refractivity contribution in [2.75, 3.05) is 37.4 Å². The summed E-state index contributed by atoms with van der Waals surface area (Å²) < 4.78 is 37.9. The van der Waals surface area contributed by atoms with Crippen molar-refractivity contribution in [1.82, 2.24) is 4.31 Å². The molecule has 1 aliphatic rings. The lowest BCUT2D eigenvalue weighted by Crippen LogP contribution is -2.35. The number of carbonyl (C=O) groups is 2. The van der Waals surface area contributed by atoms with Gasteiger partial charge in [0.1, 0.15) is 0 Å². The minimum absolute atomic E-state index is 0.0101. The summed E-state index contributed by atoms with van der Waals surface area (Å²) in [6, 6.07) is 9.47. The maximum atomic E-state index is 12.9. The third-order valence-corrected chi connectivity index (χ3v) is 6.51. The molecule has 9 nitrogen and oxygen atoms in total. The quantitative estimate of drug-likeness (QED) is 0.703. The Bertz CT molecular complexity index is 1100. The Hall–Kier alpha value is -3.11. The van der Waals surface area contributed by atoms with Crippen LogP contribution in [-0.4, -0.2) is 51.3 Å². The molecule has 2 aromatic rings. The average Bonchev–Trinajstić information content (AvgIpc) is 2.95. The van der Waals surface area contributed by atoms with Crippen LogP contribution in [0.1, 0.15) is 18.9 Å². The van der Waals surface area contributed by atoms with E-state index in [4.69, 9.17) is 9.47 Å². The summed E-state index contributed by atoms with van der Waals surface area (Å²) in [5.74, 6) is 0.115. The first-order valence-corrected chi connectivity index (χ1v) is 11.2. The normalized spacial score (nSPS) is 13.4. The number of benzene rings is 2. The van der Waals surface area contributed by atoms with Crippen LogP contribution in [0.5, 0.6) is 11.5 Å². The van der Waals surface area contributed by atoms with Gasteiger partial charge in [-0.25, -0.2) is 8.42 Å². The Kier molecular flexibility index (Phi) is 6.81. The fraction of sp³-hybridized carbons (Fsp3) is 0.333. The van der Waals surface area contributed by atoms with Crippen LogP contribution in [0.3, 0.4) is 0 Å². The molecule has 31 heavy (non-hydrogen) atoms. The second-order valence-electron chi connectivity index (χ2n) is 7.13. The highest BCUT2D eigenvalue weighted by Gasteiger charge is 2.25. The molecule has 10 heteroatoms. The fourth-order valence-electron chi connectivity index (χ4n) is 3.06. The molecule has 0 aromatic heterocycles. The van der Waals surface area contributed by atoms with Crippen molar-refractivity contribution >= 4 is 33.2 Å². The molecular formula is C21H25N3O6S. The molecule has 0 bridgehead atoms. The van der Waals surface area contributed by atoms with E-state index in [1.54, 1.807) is 31.2 Å². The van der Waals surface area contributed by atoms with Gasteiger partial charge in [0, 0.05) is 37.8 Å². The number of rotatable bonds is 6. The number of fused-ring (bicyclic) bond motifs is 1. The van der Waals surface area contributed by atoms with Gasteiger partial charge < -0.3 is 20.1 Å². The molecule has 0 radical (unpaired) electrons. The van der Waals surface area contributed by atoms with Gasteiger partial charge in [0.2, 0.25) is 21.8 Å². The Morgan fingerprint density at radius 1 is 1.03 bits per heavy atom. The minimum atomic E-state index is -3.93. The van der Waals surface area contributed by atoms with Crippen LogP contribution in [0.25, 0.3) is 0 Å². The highest BCUT2D eigenvalue weighted by atomic mass is 32.2. The molecule has 3 rings (SSSR count). The number of likely N-dealkylation sites (N-methyl/N-ethyl adjacent to an activating group) is 1. The summed E-state index contributed by atoms with van der Waals surface area (Å²) in [6.45, 7) is 3.69. The van der Waals surface area contributed by atoms with Gasteiger partial charge in [0.25, 0.3) is 0 Å². The second kappa shape index (κ2) is 9.36. The molecule has 0 saturated heterocycles. The van der Waals surface area contributed by atoms with Crippen molar-refractivity contribution in [1.29, 1.82) is 0 Å². The van der Waals surface area contributed by atoms with Gasteiger partial charge in [-0.05, 0) is 36.8 Å². The summed E-state index contributed by atoms with van der Waals surface area (Å²) in [4.78, 5) is 23.8.